The largest absolute Gasteiger partial charge is 0.456 e. The molecule has 1 N–H and O–H groups in total. The lowest BCUT2D eigenvalue weighted by atomic mass is 10.0. The van der Waals surface area contributed by atoms with Gasteiger partial charge in [-0.2, -0.15) is 0 Å². The summed E-state index contributed by atoms with van der Waals surface area (Å²) in [5, 5.41) is 13.3. The number of ether oxygens (including phenoxy) is 1. The first-order valence-corrected chi connectivity index (χ1v) is 14.0. The highest BCUT2D eigenvalue weighted by molar-refractivity contribution is 8.00. The van der Waals surface area contributed by atoms with Crippen molar-refractivity contribution in [2.24, 2.45) is 0 Å². The predicted octanol–water partition coefficient (Wildman–Crippen LogP) is 3.62. The number of non-ortho nitro benzene ring substituents is 1. The minimum absolute atomic E-state index is 0.0636. The Hall–Kier alpha value is -4.64. The van der Waals surface area contributed by atoms with Crippen molar-refractivity contribution >= 4 is 35.2 Å². The molecule has 2 atom stereocenters. The van der Waals surface area contributed by atoms with Crippen LogP contribution in [0.2, 0.25) is 0 Å². The second kappa shape index (κ2) is 12.3. The summed E-state index contributed by atoms with van der Waals surface area (Å²) in [6.07, 6.45) is 0.146. The van der Waals surface area contributed by atoms with Crippen LogP contribution >= 0.6 is 11.8 Å². The molecule has 0 aliphatic carbocycles. The molecule has 1 fully saturated rings. The van der Waals surface area contributed by atoms with Crippen LogP contribution in [0.15, 0.2) is 96.3 Å². The molecule has 1 saturated heterocycles. The molecule has 1 unspecified atom stereocenters. The Kier molecular flexibility index (Phi) is 8.34. The standard InChI is InChI=1S/C30H28N4O6S/c1-32(17-21-10-6-3-7-11-21)24-19-41-29-26(31-25(35)16-20-8-4-2-5-9-20)28(36)33(29)27(24)30(37)40-18-22-12-14-23(15-13-22)34(38)39/h2-15,26,29H,16-19H2,1H3,(H,31,35)/t26?,29-/m1/s1. The molecule has 0 bridgehead atoms. The van der Waals surface area contributed by atoms with Gasteiger partial charge in [-0.15, -0.1) is 11.8 Å². The van der Waals surface area contributed by atoms with Crippen LogP contribution in [0.3, 0.4) is 0 Å². The lowest BCUT2D eigenvalue weighted by molar-refractivity contribution is -0.384. The number of nitrogens with one attached hydrogen (secondary N) is 1. The maximum atomic E-state index is 13.5. The van der Waals surface area contributed by atoms with Crippen LogP contribution in [0.4, 0.5) is 5.69 Å². The van der Waals surface area contributed by atoms with Crippen molar-refractivity contribution in [2.75, 3.05) is 12.8 Å². The zero-order chi connectivity index (χ0) is 28.9. The Labute approximate surface area is 241 Å². The van der Waals surface area contributed by atoms with Gasteiger partial charge in [-0.1, -0.05) is 60.7 Å². The molecule has 210 valence electrons. The molecule has 10 nitrogen and oxygen atoms in total. The Morgan fingerprint density at radius 1 is 1.00 bits per heavy atom. The van der Waals surface area contributed by atoms with Crippen molar-refractivity contribution in [2.45, 2.75) is 31.0 Å². The lowest BCUT2D eigenvalue weighted by Gasteiger charge is -2.50. The highest BCUT2D eigenvalue weighted by Gasteiger charge is 2.55. The quantitative estimate of drug-likeness (QED) is 0.169. The van der Waals surface area contributed by atoms with Gasteiger partial charge in [-0.3, -0.25) is 24.6 Å². The maximum absolute atomic E-state index is 13.5. The van der Waals surface area contributed by atoms with Crippen molar-refractivity contribution in [3.05, 3.63) is 123 Å². The van der Waals surface area contributed by atoms with E-state index < -0.39 is 22.3 Å². The number of thioether (sulfide) groups is 1. The molecule has 3 aromatic rings. The Balaban J connectivity index is 1.34. The number of nitrogens with zero attached hydrogens (tertiary/aromatic N) is 3. The highest BCUT2D eigenvalue weighted by Crippen LogP contribution is 2.41. The minimum Gasteiger partial charge on any atom is -0.456 e. The van der Waals surface area contributed by atoms with E-state index >= 15 is 0 Å². The summed E-state index contributed by atoms with van der Waals surface area (Å²) in [4.78, 5) is 53.4. The van der Waals surface area contributed by atoms with E-state index in [0.717, 1.165) is 11.1 Å². The average Bonchev–Trinajstić information content (AvgIpc) is 2.99. The lowest BCUT2D eigenvalue weighted by Crippen LogP contribution is -2.71. The van der Waals surface area contributed by atoms with E-state index in [1.807, 2.05) is 72.6 Å². The SMILES string of the molecule is CN(Cc1ccccc1)C1=C(C(=O)OCc2ccc([N+](=O)[O-])cc2)N2C(=O)C(NC(=O)Cc3ccccc3)[C@H]2SC1. The van der Waals surface area contributed by atoms with Gasteiger partial charge in [-0.05, 0) is 28.8 Å². The zero-order valence-electron chi connectivity index (χ0n) is 22.3. The maximum Gasteiger partial charge on any atom is 0.357 e. The second-order valence-electron chi connectivity index (χ2n) is 9.75. The van der Waals surface area contributed by atoms with Crippen molar-refractivity contribution < 1.29 is 24.0 Å². The number of amides is 2. The predicted molar refractivity (Wildman–Crippen MR) is 153 cm³/mol. The van der Waals surface area contributed by atoms with Gasteiger partial charge in [0.1, 0.15) is 18.0 Å². The van der Waals surface area contributed by atoms with Gasteiger partial charge in [0.25, 0.3) is 11.6 Å². The molecule has 0 spiro atoms. The molecule has 5 rings (SSSR count). The summed E-state index contributed by atoms with van der Waals surface area (Å²) >= 11 is 1.48. The van der Waals surface area contributed by atoms with Gasteiger partial charge in [0, 0.05) is 31.5 Å². The first-order valence-electron chi connectivity index (χ1n) is 13.0. The van der Waals surface area contributed by atoms with Crippen LogP contribution in [0.5, 0.6) is 0 Å². The highest BCUT2D eigenvalue weighted by atomic mass is 32.2. The van der Waals surface area contributed by atoms with E-state index in [1.54, 1.807) is 0 Å². The Bertz CT molecular complexity index is 1480. The second-order valence-corrected chi connectivity index (χ2v) is 10.9. The number of nitro benzene ring substituents is 1. The van der Waals surface area contributed by atoms with Crippen LogP contribution in [0.1, 0.15) is 16.7 Å². The first kappa shape index (κ1) is 27.9. The molecule has 2 aliphatic rings. The smallest absolute Gasteiger partial charge is 0.357 e. The van der Waals surface area contributed by atoms with E-state index in [0.29, 0.717) is 23.6 Å². The number of rotatable bonds is 10. The molecular weight excluding hydrogens is 544 g/mol. The van der Waals surface area contributed by atoms with Crippen LogP contribution in [-0.4, -0.2) is 56.7 Å². The van der Waals surface area contributed by atoms with Gasteiger partial charge in [0.15, 0.2) is 5.70 Å². The Morgan fingerprint density at radius 3 is 2.27 bits per heavy atom. The van der Waals surface area contributed by atoms with E-state index in [9.17, 15) is 24.5 Å². The van der Waals surface area contributed by atoms with E-state index in [1.165, 1.54) is 40.9 Å². The molecule has 2 aliphatic heterocycles. The molecule has 2 amide bonds. The zero-order valence-corrected chi connectivity index (χ0v) is 23.1. The van der Waals surface area contributed by atoms with Crippen molar-refractivity contribution in [1.29, 1.82) is 0 Å². The normalized spacial score (nSPS) is 17.8. The Morgan fingerprint density at radius 2 is 1.63 bits per heavy atom. The van der Waals surface area contributed by atoms with E-state index in [-0.39, 0.29) is 36.2 Å². The molecule has 3 aromatic carbocycles. The van der Waals surface area contributed by atoms with Gasteiger partial charge < -0.3 is 15.0 Å². The van der Waals surface area contributed by atoms with Crippen LogP contribution in [0, 0.1) is 10.1 Å². The van der Waals surface area contributed by atoms with Crippen LogP contribution in [-0.2, 0) is 38.7 Å². The number of hydrogen-bond acceptors (Lipinski definition) is 8. The fourth-order valence-electron chi connectivity index (χ4n) is 4.77. The van der Waals surface area contributed by atoms with E-state index in [2.05, 4.69) is 5.32 Å². The number of carbonyl (C=O) groups is 3. The summed E-state index contributed by atoms with van der Waals surface area (Å²) in [7, 11) is 1.86. The third-order valence-electron chi connectivity index (χ3n) is 6.91. The van der Waals surface area contributed by atoms with E-state index in [4.69, 9.17) is 4.74 Å². The monoisotopic (exact) mass is 572 g/mol. The summed E-state index contributed by atoms with van der Waals surface area (Å²) in [6.45, 7) is 0.396. The van der Waals surface area contributed by atoms with Crippen molar-refractivity contribution in [3.8, 4) is 0 Å². The van der Waals surface area contributed by atoms with Gasteiger partial charge in [0.2, 0.25) is 5.91 Å². The van der Waals surface area contributed by atoms with Crippen LogP contribution < -0.4 is 5.32 Å². The minimum atomic E-state index is -0.755. The summed E-state index contributed by atoms with van der Waals surface area (Å²) in [6, 6.07) is 24.0. The van der Waals surface area contributed by atoms with Crippen molar-refractivity contribution in [3.63, 3.8) is 0 Å². The molecule has 11 heteroatoms. The number of hydrogen-bond donors (Lipinski definition) is 1. The van der Waals surface area contributed by atoms with Crippen LogP contribution in [0.25, 0.3) is 0 Å². The topological polar surface area (TPSA) is 122 Å². The van der Waals surface area contributed by atoms with Crippen molar-refractivity contribution in [1.82, 2.24) is 15.1 Å². The molecule has 41 heavy (non-hydrogen) atoms. The average molecular weight is 573 g/mol. The third kappa shape index (κ3) is 6.25. The fourth-order valence-corrected chi connectivity index (χ4v) is 6.19. The number of benzene rings is 3. The molecule has 0 saturated carbocycles. The summed E-state index contributed by atoms with van der Waals surface area (Å²) < 4.78 is 5.61. The molecule has 0 aromatic heterocycles. The van der Waals surface area contributed by atoms with Gasteiger partial charge in [0.05, 0.1) is 17.0 Å². The first-order chi connectivity index (χ1) is 19.8. The summed E-state index contributed by atoms with van der Waals surface area (Å²) in [5.41, 5.74) is 3.18. The number of carbonyl (C=O) groups excluding carboxylic acids is 3. The van der Waals surface area contributed by atoms with Gasteiger partial charge >= 0.3 is 5.97 Å². The molecular formula is C30H28N4O6S. The third-order valence-corrected chi connectivity index (χ3v) is 8.17. The number of nitro groups is 1. The molecule has 2 heterocycles. The summed E-state index contributed by atoms with van der Waals surface area (Å²) in [5.74, 6) is -0.888. The number of esters is 1. The number of fused-ring (bicyclic) bond motifs is 1. The molecule has 0 radical (unpaired) electrons. The fraction of sp³-hybridized carbons (Fsp3) is 0.233. The van der Waals surface area contributed by atoms with Gasteiger partial charge in [-0.25, -0.2) is 4.79 Å². The number of β-lactam (4-membered cyclic amide) rings is 1.